The minimum atomic E-state index is -0.893. The van der Waals surface area contributed by atoms with E-state index in [2.05, 4.69) is 0 Å². The fraction of sp³-hybridized carbons (Fsp3) is 0.0625. The van der Waals surface area contributed by atoms with E-state index in [1.165, 1.54) is 0 Å². The van der Waals surface area contributed by atoms with Crippen LogP contribution in [0.2, 0.25) is 0 Å². The Morgan fingerprint density at radius 3 is 2.32 bits per heavy atom. The molecule has 3 nitrogen and oxygen atoms in total. The van der Waals surface area contributed by atoms with Crippen molar-refractivity contribution in [3.8, 4) is 11.3 Å². The number of hydrogen-bond acceptors (Lipinski definition) is 1. The van der Waals surface area contributed by atoms with Crippen molar-refractivity contribution in [1.29, 1.82) is 0 Å². The Labute approximate surface area is 110 Å². The molecule has 1 heterocycles. The molecule has 3 heteroatoms. The van der Waals surface area contributed by atoms with E-state index in [1.807, 2.05) is 66.2 Å². The van der Waals surface area contributed by atoms with Gasteiger partial charge >= 0.3 is 5.97 Å². The van der Waals surface area contributed by atoms with Gasteiger partial charge in [-0.25, -0.2) is 4.79 Å². The van der Waals surface area contributed by atoms with Crippen LogP contribution >= 0.6 is 0 Å². The number of nitrogens with zero attached hydrogens (tertiary/aromatic N) is 1. The minimum Gasteiger partial charge on any atom is -0.478 e. The summed E-state index contributed by atoms with van der Waals surface area (Å²) in [5.41, 5.74) is 2.95. The number of aryl methyl sites for hydroxylation is 1. The summed E-state index contributed by atoms with van der Waals surface area (Å²) in [5.74, 6) is -0.893. The van der Waals surface area contributed by atoms with Crippen LogP contribution in [0.25, 0.3) is 22.2 Å². The molecule has 2 aromatic carbocycles. The van der Waals surface area contributed by atoms with Crippen molar-refractivity contribution in [2.75, 3.05) is 0 Å². The molecule has 0 atom stereocenters. The van der Waals surface area contributed by atoms with E-state index in [0.29, 0.717) is 5.56 Å². The zero-order valence-electron chi connectivity index (χ0n) is 10.5. The summed E-state index contributed by atoms with van der Waals surface area (Å²) in [6.45, 7) is 0. The normalized spacial score (nSPS) is 10.8. The summed E-state index contributed by atoms with van der Waals surface area (Å²) >= 11 is 0. The van der Waals surface area contributed by atoms with Gasteiger partial charge in [0.1, 0.15) is 0 Å². The topological polar surface area (TPSA) is 42.2 Å². The van der Waals surface area contributed by atoms with Gasteiger partial charge in [0.2, 0.25) is 0 Å². The second-order valence-electron chi connectivity index (χ2n) is 4.47. The maximum Gasteiger partial charge on any atom is 0.338 e. The summed E-state index contributed by atoms with van der Waals surface area (Å²) < 4.78 is 1.94. The van der Waals surface area contributed by atoms with E-state index in [0.717, 1.165) is 22.2 Å². The molecule has 0 spiro atoms. The highest BCUT2D eigenvalue weighted by molar-refractivity contribution is 6.09. The zero-order valence-corrected chi connectivity index (χ0v) is 10.5. The number of carboxylic acid groups (broad SMARTS) is 1. The smallest absolute Gasteiger partial charge is 0.338 e. The number of benzene rings is 2. The Morgan fingerprint density at radius 2 is 1.63 bits per heavy atom. The Kier molecular flexibility index (Phi) is 2.60. The van der Waals surface area contributed by atoms with Gasteiger partial charge < -0.3 is 9.67 Å². The number of fused-ring (bicyclic) bond motifs is 1. The molecule has 0 saturated heterocycles. The van der Waals surface area contributed by atoms with Gasteiger partial charge in [-0.15, -0.1) is 0 Å². The van der Waals surface area contributed by atoms with Crippen molar-refractivity contribution in [2.45, 2.75) is 0 Å². The second-order valence-corrected chi connectivity index (χ2v) is 4.47. The molecule has 3 aromatic rings. The van der Waals surface area contributed by atoms with Crippen LogP contribution in [-0.4, -0.2) is 15.6 Å². The van der Waals surface area contributed by atoms with Gasteiger partial charge in [0, 0.05) is 18.0 Å². The van der Waals surface area contributed by atoms with Crippen LogP contribution in [0.5, 0.6) is 0 Å². The average Bonchev–Trinajstić information content (AvgIpc) is 2.74. The highest BCUT2D eigenvalue weighted by atomic mass is 16.4. The number of para-hydroxylation sites is 1. The molecule has 1 aromatic heterocycles. The average molecular weight is 251 g/mol. The molecule has 0 unspecified atom stereocenters. The summed E-state index contributed by atoms with van der Waals surface area (Å²) in [5, 5.41) is 10.3. The molecule has 0 bridgehead atoms. The van der Waals surface area contributed by atoms with Gasteiger partial charge in [0.05, 0.1) is 11.3 Å². The van der Waals surface area contributed by atoms with E-state index < -0.39 is 5.97 Å². The maximum atomic E-state index is 11.6. The third-order valence-corrected chi connectivity index (χ3v) is 3.37. The standard InChI is InChI=1S/C16H13NO2/c1-17-13-10-6-5-9-12(13)14(16(18)19)15(17)11-7-3-2-4-8-11/h2-10H,1H3,(H,18,19). The predicted octanol–water partition coefficient (Wildman–Crippen LogP) is 3.54. The summed E-state index contributed by atoms with van der Waals surface area (Å²) in [6.07, 6.45) is 0. The molecule has 94 valence electrons. The summed E-state index contributed by atoms with van der Waals surface area (Å²) in [4.78, 5) is 11.6. The van der Waals surface area contributed by atoms with E-state index in [4.69, 9.17) is 0 Å². The van der Waals surface area contributed by atoms with Gasteiger partial charge in [-0.1, -0.05) is 48.5 Å². The van der Waals surface area contributed by atoms with Crippen molar-refractivity contribution in [3.63, 3.8) is 0 Å². The number of carboxylic acids is 1. The summed E-state index contributed by atoms with van der Waals surface area (Å²) in [6, 6.07) is 17.2. The lowest BCUT2D eigenvalue weighted by Gasteiger charge is -2.05. The Bertz CT molecular complexity index is 757. The van der Waals surface area contributed by atoms with Gasteiger partial charge in [-0.05, 0) is 11.6 Å². The Hall–Kier alpha value is -2.55. The number of aromatic nitrogens is 1. The molecule has 1 N–H and O–H groups in total. The van der Waals surface area contributed by atoms with Gasteiger partial charge in [0.15, 0.2) is 0 Å². The monoisotopic (exact) mass is 251 g/mol. The lowest BCUT2D eigenvalue weighted by Crippen LogP contribution is -2.00. The van der Waals surface area contributed by atoms with E-state index in [1.54, 1.807) is 0 Å². The van der Waals surface area contributed by atoms with Crippen LogP contribution in [0.15, 0.2) is 54.6 Å². The van der Waals surface area contributed by atoms with Crippen LogP contribution in [0.1, 0.15) is 10.4 Å². The first kappa shape index (κ1) is 11.5. The molecular weight excluding hydrogens is 238 g/mol. The molecule has 0 aliphatic carbocycles. The van der Waals surface area contributed by atoms with Crippen LogP contribution in [0.4, 0.5) is 0 Å². The molecular formula is C16H13NO2. The fourth-order valence-electron chi connectivity index (χ4n) is 2.54. The highest BCUT2D eigenvalue weighted by Crippen LogP contribution is 2.32. The number of carbonyl (C=O) groups is 1. The van der Waals surface area contributed by atoms with Crippen molar-refractivity contribution in [1.82, 2.24) is 4.57 Å². The number of hydrogen-bond donors (Lipinski definition) is 1. The van der Waals surface area contributed by atoms with Crippen molar-refractivity contribution in [2.24, 2.45) is 7.05 Å². The quantitative estimate of drug-likeness (QED) is 0.756. The largest absolute Gasteiger partial charge is 0.478 e. The molecule has 0 aliphatic heterocycles. The SMILES string of the molecule is Cn1c(-c2ccccc2)c(C(=O)O)c2ccccc21. The lowest BCUT2D eigenvalue weighted by molar-refractivity contribution is 0.0699. The molecule has 0 aliphatic rings. The molecule has 0 amide bonds. The molecule has 0 saturated carbocycles. The van der Waals surface area contributed by atoms with Gasteiger partial charge in [0.25, 0.3) is 0 Å². The van der Waals surface area contributed by atoms with Crippen molar-refractivity contribution < 1.29 is 9.90 Å². The third kappa shape index (κ3) is 1.71. The first-order valence-corrected chi connectivity index (χ1v) is 6.06. The van der Waals surface area contributed by atoms with Crippen molar-refractivity contribution in [3.05, 3.63) is 60.2 Å². The molecule has 0 fully saturated rings. The van der Waals surface area contributed by atoms with E-state index >= 15 is 0 Å². The Morgan fingerprint density at radius 1 is 1.00 bits per heavy atom. The predicted molar refractivity (Wildman–Crippen MR) is 75.3 cm³/mol. The fourth-order valence-corrected chi connectivity index (χ4v) is 2.54. The zero-order chi connectivity index (χ0) is 13.4. The Balaban J connectivity index is 2.44. The van der Waals surface area contributed by atoms with Crippen LogP contribution in [0.3, 0.4) is 0 Å². The van der Waals surface area contributed by atoms with Crippen LogP contribution in [0, 0.1) is 0 Å². The first-order valence-electron chi connectivity index (χ1n) is 6.06. The first-order chi connectivity index (χ1) is 9.20. The summed E-state index contributed by atoms with van der Waals surface area (Å²) in [7, 11) is 1.90. The van der Waals surface area contributed by atoms with Crippen LogP contribution in [-0.2, 0) is 7.05 Å². The second kappa shape index (κ2) is 4.28. The molecule has 19 heavy (non-hydrogen) atoms. The lowest BCUT2D eigenvalue weighted by atomic mass is 10.1. The van der Waals surface area contributed by atoms with Crippen LogP contribution < -0.4 is 0 Å². The van der Waals surface area contributed by atoms with Crippen molar-refractivity contribution >= 4 is 16.9 Å². The number of rotatable bonds is 2. The highest BCUT2D eigenvalue weighted by Gasteiger charge is 2.21. The maximum absolute atomic E-state index is 11.6. The number of aromatic carboxylic acids is 1. The van der Waals surface area contributed by atoms with E-state index in [-0.39, 0.29) is 0 Å². The minimum absolute atomic E-state index is 0.365. The van der Waals surface area contributed by atoms with Gasteiger partial charge in [-0.2, -0.15) is 0 Å². The molecule has 3 rings (SSSR count). The van der Waals surface area contributed by atoms with Gasteiger partial charge in [-0.3, -0.25) is 0 Å². The van der Waals surface area contributed by atoms with E-state index in [9.17, 15) is 9.90 Å². The molecule has 0 radical (unpaired) electrons. The third-order valence-electron chi connectivity index (χ3n) is 3.37.